The van der Waals surface area contributed by atoms with Crippen LogP contribution in [-0.2, 0) is 22.4 Å². The number of likely N-dealkylation sites (tertiary alicyclic amines) is 1. The van der Waals surface area contributed by atoms with Crippen LogP contribution in [0, 0.1) is 5.92 Å². The summed E-state index contributed by atoms with van der Waals surface area (Å²) in [6.07, 6.45) is 4.11. The Morgan fingerprint density at radius 1 is 1.07 bits per heavy atom. The van der Waals surface area contributed by atoms with Crippen molar-refractivity contribution in [2.24, 2.45) is 5.92 Å². The molecule has 0 aliphatic carbocycles. The Bertz CT molecular complexity index is 760. The molecular formula is C23H30N2O4. The monoisotopic (exact) mass is 398 g/mol. The minimum absolute atomic E-state index is 0.114. The van der Waals surface area contributed by atoms with Gasteiger partial charge in [0, 0.05) is 0 Å². The van der Waals surface area contributed by atoms with E-state index in [1.165, 1.54) is 5.56 Å². The maximum absolute atomic E-state index is 11.2. The van der Waals surface area contributed by atoms with Crippen molar-refractivity contribution in [3.05, 3.63) is 60.1 Å². The number of nitrogens with one attached hydrogen (secondary N) is 1. The highest BCUT2D eigenvalue weighted by atomic mass is 16.7. The molecule has 1 aromatic heterocycles. The third kappa shape index (κ3) is 4.13. The summed E-state index contributed by atoms with van der Waals surface area (Å²) in [5.74, 6) is 1.55. The first kappa shape index (κ1) is 19.3. The van der Waals surface area contributed by atoms with E-state index in [1.54, 1.807) is 6.26 Å². The fourth-order valence-corrected chi connectivity index (χ4v) is 5.08. The van der Waals surface area contributed by atoms with Crippen molar-refractivity contribution in [3.63, 3.8) is 0 Å². The van der Waals surface area contributed by atoms with Crippen LogP contribution in [0.3, 0.4) is 0 Å². The van der Waals surface area contributed by atoms with Crippen LogP contribution in [0.1, 0.15) is 24.2 Å². The second kappa shape index (κ2) is 8.58. The zero-order valence-electron chi connectivity index (χ0n) is 16.7. The van der Waals surface area contributed by atoms with Crippen LogP contribution in [0.4, 0.5) is 0 Å². The second-order valence-corrected chi connectivity index (χ2v) is 8.51. The van der Waals surface area contributed by atoms with Crippen molar-refractivity contribution >= 4 is 0 Å². The summed E-state index contributed by atoms with van der Waals surface area (Å²) in [5, 5.41) is 14.6. The van der Waals surface area contributed by atoms with Crippen LogP contribution in [-0.4, -0.2) is 60.3 Å². The minimum Gasteiger partial charge on any atom is -0.468 e. The predicted octanol–water partition coefficient (Wildman–Crippen LogP) is 2.18. The molecule has 3 aliphatic heterocycles. The Labute approximate surface area is 171 Å². The van der Waals surface area contributed by atoms with Gasteiger partial charge in [-0.1, -0.05) is 30.3 Å². The standard InChI is InChI=1S/C23H30N2O4/c26-22-20(24-14-18-7-4-12-27-18)19-15-28-23(29-19)21(22)25-10-8-17(9-11-25)13-16-5-2-1-3-6-16/h1-7,12,17,19-24,26H,8-11,13-15H2. The molecule has 2 bridgehead atoms. The molecule has 6 heteroatoms. The molecule has 2 N–H and O–H groups in total. The molecule has 2 aromatic rings. The Morgan fingerprint density at radius 2 is 1.90 bits per heavy atom. The van der Waals surface area contributed by atoms with Crippen LogP contribution in [0.25, 0.3) is 0 Å². The molecule has 0 radical (unpaired) electrons. The van der Waals surface area contributed by atoms with Gasteiger partial charge in [-0.3, -0.25) is 4.90 Å². The largest absolute Gasteiger partial charge is 0.468 e. The van der Waals surface area contributed by atoms with E-state index in [2.05, 4.69) is 40.5 Å². The summed E-state index contributed by atoms with van der Waals surface area (Å²) >= 11 is 0. The first-order valence-electron chi connectivity index (χ1n) is 10.8. The minimum atomic E-state index is -0.526. The van der Waals surface area contributed by atoms with Crippen LogP contribution < -0.4 is 5.32 Å². The van der Waals surface area contributed by atoms with Crippen LogP contribution in [0.5, 0.6) is 0 Å². The average Bonchev–Trinajstić information content (AvgIpc) is 3.41. The molecule has 29 heavy (non-hydrogen) atoms. The van der Waals surface area contributed by atoms with Crippen molar-refractivity contribution in [3.8, 4) is 0 Å². The molecule has 0 saturated carbocycles. The van der Waals surface area contributed by atoms with Gasteiger partial charge in [-0.05, 0) is 56.0 Å². The van der Waals surface area contributed by atoms with Gasteiger partial charge < -0.3 is 24.3 Å². The van der Waals surface area contributed by atoms with Gasteiger partial charge >= 0.3 is 0 Å². The van der Waals surface area contributed by atoms with E-state index in [-0.39, 0.29) is 24.5 Å². The van der Waals surface area contributed by atoms with E-state index in [9.17, 15) is 5.11 Å². The molecule has 3 aliphatic rings. The number of ether oxygens (including phenoxy) is 2. The number of furan rings is 1. The number of hydrogen-bond donors (Lipinski definition) is 2. The predicted molar refractivity (Wildman–Crippen MR) is 108 cm³/mol. The van der Waals surface area contributed by atoms with Gasteiger partial charge in [0.15, 0.2) is 6.29 Å². The summed E-state index contributed by atoms with van der Waals surface area (Å²) in [4.78, 5) is 2.37. The third-order valence-corrected chi connectivity index (χ3v) is 6.66. The summed E-state index contributed by atoms with van der Waals surface area (Å²) in [7, 11) is 0. The Hall–Kier alpha value is -1.70. The Kier molecular flexibility index (Phi) is 5.70. The topological polar surface area (TPSA) is 67.1 Å². The molecule has 5 atom stereocenters. The van der Waals surface area contributed by atoms with Crippen molar-refractivity contribution in [2.75, 3.05) is 19.7 Å². The van der Waals surface area contributed by atoms with E-state index >= 15 is 0 Å². The van der Waals surface area contributed by atoms with Crippen LogP contribution in [0.15, 0.2) is 53.1 Å². The molecular weight excluding hydrogens is 368 g/mol. The Morgan fingerprint density at radius 3 is 2.66 bits per heavy atom. The lowest BCUT2D eigenvalue weighted by atomic mass is 9.87. The Balaban J connectivity index is 1.20. The van der Waals surface area contributed by atoms with E-state index in [0.717, 1.165) is 38.1 Å². The van der Waals surface area contributed by atoms with Gasteiger partial charge in [0.25, 0.3) is 0 Å². The number of rotatable bonds is 6. The third-order valence-electron chi connectivity index (χ3n) is 6.66. The lowest BCUT2D eigenvalue weighted by Crippen LogP contribution is -2.65. The van der Waals surface area contributed by atoms with E-state index in [0.29, 0.717) is 19.1 Å². The number of aliphatic hydroxyl groups excluding tert-OH is 1. The molecule has 6 nitrogen and oxygen atoms in total. The maximum Gasteiger partial charge on any atom is 0.176 e. The average molecular weight is 399 g/mol. The van der Waals surface area contributed by atoms with E-state index in [4.69, 9.17) is 13.9 Å². The quantitative estimate of drug-likeness (QED) is 0.778. The first-order valence-corrected chi connectivity index (χ1v) is 10.8. The van der Waals surface area contributed by atoms with Crippen molar-refractivity contribution in [2.45, 2.75) is 56.4 Å². The van der Waals surface area contributed by atoms with E-state index < -0.39 is 6.10 Å². The second-order valence-electron chi connectivity index (χ2n) is 8.51. The van der Waals surface area contributed by atoms with Gasteiger partial charge in [0.1, 0.15) is 11.9 Å². The smallest absolute Gasteiger partial charge is 0.176 e. The molecule has 3 saturated heterocycles. The lowest BCUT2D eigenvalue weighted by molar-refractivity contribution is -0.186. The SMILES string of the molecule is OC1C(NCc2ccco2)C2COC(O2)C1N1CCC(Cc2ccccc2)CC1. The molecule has 156 valence electrons. The highest BCUT2D eigenvalue weighted by Gasteiger charge is 2.52. The summed E-state index contributed by atoms with van der Waals surface area (Å²) < 4.78 is 17.5. The molecule has 0 spiro atoms. The molecule has 3 fully saturated rings. The molecule has 5 unspecified atom stereocenters. The number of aliphatic hydroxyl groups is 1. The highest BCUT2D eigenvalue weighted by molar-refractivity contribution is 5.15. The van der Waals surface area contributed by atoms with E-state index in [1.807, 2.05) is 12.1 Å². The zero-order valence-corrected chi connectivity index (χ0v) is 16.7. The molecule has 5 rings (SSSR count). The number of piperidine rings is 1. The normalized spacial score (nSPS) is 33.2. The summed E-state index contributed by atoms with van der Waals surface area (Å²) in [6, 6.07) is 14.3. The van der Waals surface area contributed by atoms with Gasteiger partial charge in [0.05, 0.1) is 37.6 Å². The van der Waals surface area contributed by atoms with Gasteiger partial charge in [-0.2, -0.15) is 0 Å². The zero-order chi connectivity index (χ0) is 19.6. The van der Waals surface area contributed by atoms with Crippen LogP contribution in [0.2, 0.25) is 0 Å². The fourth-order valence-electron chi connectivity index (χ4n) is 5.08. The van der Waals surface area contributed by atoms with Crippen molar-refractivity contribution in [1.82, 2.24) is 10.2 Å². The molecule has 1 aromatic carbocycles. The number of fused-ring (bicyclic) bond motifs is 2. The number of hydrogen-bond acceptors (Lipinski definition) is 6. The van der Waals surface area contributed by atoms with Crippen LogP contribution >= 0.6 is 0 Å². The summed E-state index contributed by atoms with van der Waals surface area (Å²) in [5.41, 5.74) is 1.41. The fraction of sp³-hybridized carbons (Fsp3) is 0.565. The maximum atomic E-state index is 11.2. The highest BCUT2D eigenvalue weighted by Crippen LogP contribution is 2.34. The lowest BCUT2D eigenvalue weighted by Gasteiger charge is -2.46. The van der Waals surface area contributed by atoms with Crippen molar-refractivity contribution < 1.29 is 19.0 Å². The number of benzene rings is 1. The summed E-state index contributed by atoms with van der Waals surface area (Å²) in [6.45, 7) is 3.04. The number of nitrogens with zero attached hydrogens (tertiary/aromatic N) is 1. The molecule has 0 amide bonds. The van der Waals surface area contributed by atoms with Gasteiger partial charge in [0.2, 0.25) is 0 Å². The van der Waals surface area contributed by atoms with Crippen molar-refractivity contribution in [1.29, 1.82) is 0 Å². The van der Waals surface area contributed by atoms with Gasteiger partial charge in [-0.15, -0.1) is 0 Å². The first-order chi connectivity index (χ1) is 14.3. The molecule has 4 heterocycles. The van der Waals surface area contributed by atoms with Gasteiger partial charge in [-0.25, -0.2) is 0 Å².